The lowest BCUT2D eigenvalue weighted by Crippen LogP contribution is -2.49. The number of sulfone groups is 1. The van der Waals surface area contributed by atoms with Crippen LogP contribution in [0.25, 0.3) is 0 Å². The van der Waals surface area contributed by atoms with Crippen LogP contribution in [-0.2, 0) is 16.0 Å². The summed E-state index contributed by atoms with van der Waals surface area (Å²) >= 11 is 0.972. The van der Waals surface area contributed by atoms with Gasteiger partial charge in [0.25, 0.3) is 5.91 Å². The number of carbonyl (C=O) groups excluding carboxylic acids is 1. The summed E-state index contributed by atoms with van der Waals surface area (Å²) in [6.07, 6.45) is -3.67. The summed E-state index contributed by atoms with van der Waals surface area (Å²) in [6.45, 7) is 6.09. The van der Waals surface area contributed by atoms with Crippen LogP contribution in [0.3, 0.4) is 0 Å². The molecule has 176 valence electrons. The number of piperazine rings is 1. The first-order valence-electron chi connectivity index (χ1n) is 9.87. The van der Waals surface area contributed by atoms with Crippen LogP contribution >= 0.6 is 11.3 Å². The normalized spacial score (nSPS) is 15.4. The van der Waals surface area contributed by atoms with Crippen molar-refractivity contribution < 1.29 is 31.1 Å². The summed E-state index contributed by atoms with van der Waals surface area (Å²) in [5.74, 6) is -0.109. The maximum absolute atomic E-state index is 13.2. The van der Waals surface area contributed by atoms with Crippen molar-refractivity contribution in [2.45, 2.75) is 37.9 Å². The highest BCUT2D eigenvalue weighted by molar-refractivity contribution is 7.90. The maximum atomic E-state index is 13.2. The van der Waals surface area contributed by atoms with E-state index in [1.165, 1.54) is 30.0 Å². The van der Waals surface area contributed by atoms with E-state index in [1.807, 2.05) is 0 Å². The number of nitrogens with zero attached hydrogens (tertiary/aromatic N) is 3. The highest BCUT2D eigenvalue weighted by atomic mass is 32.2. The van der Waals surface area contributed by atoms with Crippen molar-refractivity contribution >= 4 is 32.2 Å². The van der Waals surface area contributed by atoms with E-state index in [0.717, 1.165) is 17.6 Å². The van der Waals surface area contributed by atoms with Gasteiger partial charge in [-0.1, -0.05) is 0 Å². The molecule has 3 rings (SSSR count). The number of anilines is 1. The van der Waals surface area contributed by atoms with E-state index in [9.17, 15) is 26.4 Å². The summed E-state index contributed by atoms with van der Waals surface area (Å²) in [4.78, 5) is 20.3. The standard InChI is InChI=1S/C20H24F3N3O4S2/c1-12(2)30-16-6-5-14(32(4,28)29)11-15(16)18(27)25-7-9-26(10-8-25)19-24-17(13(3)31-19)20(21,22)23/h5-6,11-12H,7-10H2,1-4H3. The molecule has 1 aliphatic heterocycles. The van der Waals surface area contributed by atoms with Gasteiger partial charge in [0.15, 0.2) is 20.7 Å². The number of halogens is 3. The largest absolute Gasteiger partial charge is 0.490 e. The molecule has 0 unspecified atom stereocenters. The molecule has 1 aromatic carbocycles. The second-order valence-corrected chi connectivity index (χ2v) is 11.0. The van der Waals surface area contributed by atoms with E-state index >= 15 is 0 Å². The number of aromatic nitrogens is 1. The van der Waals surface area contributed by atoms with Gasteiger partial charge >= 0.3 is 6.18 Å². The van der Waals surface area contributed by atoms with Gasteiger partial charge in [0.2, 0.25) is 0 Å². The minimum absolute atomic E-state index is 0.00790. The number of hydrogen-bond acceptors (Lipinski definition) is 7. The van der Waals surface area contributed by atoms with Crippen LogP contribution in [0.4, 0.5) is 18.3 Å². The number of ether oxygens (including phenoxy) is 1. The molecule has 0 bridgehead atoms. The minimum atomic E-state index is -4.51. The molecule has 1 amide bonds. The van der Waals surface area contributed by atoms with E-state index < -0.39 is 27.6 Å². The number of benzene rings is 1. The molecule has 0 atom stereocenters. The van der Waals surface area contributed by atoms with Crippen molar-refractivity contribution in [2.24, 2.45) is 0 Å². The van der Waals surface area contributed by atoms with Crippen LogP contribution < -0.4 is 9.64 Å². The average Bonchev–Trinajstić information content (AvgIpc) is 3.09. The monoisotopic (exact) mass is 491 g/mol. The van der Waals surface area contributed by atoms with Gasteiger partial charge in [-0.2, -0.15) is 13.2 Å². The van der Waals surface area contributed by atoms with Crippen LogP contribution in [-0.4, -0.2) is 62.7 Å². The van der Waals surface area contributed by atoms with Gasteiger partial charge in [-0.05, 0) is 39.0 Å². The topological polar surface area (TPSA) is 79.8 Å². The molecule has 2 heterocycles. The van der Waals surface area contributed by atoms with Crippen molar-refractivity contribution in [1.29, 1.82) is 0 Å². The van der Waals surface area contributed by atoms with Crippen molar-refractivity contribution in [3.63, 3.8) is 0 Å². The quantitative estimate of drug-likeness (QED) is 0.636. The predicted octanol–water partition coefficient (Wildman–Crippen LogP) is 3.62. The summed E-state index contributed by atoms with van der Waals surface area (Å²) in [5, 5.41) is 0.268. The number of carbonyl (C=O) groups is 1. The summed E-state index contributed by atoms with van der Waals surface area (Å²) in [5.41, 5.74) is -0.747. The van der Waals surface area contributed by atoms with Gasteiger partial charge in [-0.15, -0.1) is 11.3 Å². The molecule has 1 fully saturated rings. The molecule has 1 saturated heterocycles. The zero-order chi connectivity index (χ0) is 23.8. The Balaban J connectivity index is 1.79. The first-order chi connectivity index (χ1) is 14.8. The van der Waals surface area contributed by atoms with Crippen molar-refractivity contribution in [3.05, 3.63) is 34.3 Å². The first kappa shape index (κ1) is 24.3. The second-order valence-electron chi connectivity index (χ2n) is 7.77. The fourth-order valence-electron chi connectivity index (χ4n) is 3.32. The molecule has 0 radical (unpaired) electrons. The lowest BCUT2D eigenvalue weighted by atomic mass is 10.1. The third-order valence-electron chi connectivity index (χ3n) is 4.86. The molecule has 0 N–H and O–H groups in total. The molecule has 12 heteroatoms. The first-order valence-corrected chi connectivity index (χ1v) is 12.6. The molecule has 1 aromatic heterocycles. The van der Waals surface area contributed by atoms with Crippen LogP contribution in [0.5, 0.6) is 5.75 Å². The Morgan fingerprint density at radius 3 is 2.31 bits per heavy atom. The van der Waals surface area contributed by atoms with Crippen molar-refractivity contribution in [1.82, 2.24) is 9.88 Å². The number of aryl methyl sites for hydroxylation is 1. The third-order valence-corrected chi connectivity index (χ3v) is 7.01. The number of hydrogen-bond donors (Lipinski definition) is 0. The average molecular weight is 492 g/mol. The van der Waals surface area contributed by atoms with Crippen LogP contribution in [0.2, 0.25) is 0 Å². The fraction of sp³-hybridized carbons (Fsp3) is 0.500. The maximum Gasteiger partial charge on any atom is 0.434 e. The zero-order valence-electron chi connectivity index (χ0n) is 18.1. The van der Waals surface area contributed by atoms with E-state index in [4.69, 9.17) is 4.74 Å². The molecule has 0 saturated carbocycles. The zero-order valence-corrected chi connectivity index (χ0v) is 19.7. The van der Waals surface area contributed by atoms with E-state index in [0.29, 0.717) is 13.1 Å². The number of rotatable bonds is 5. The Morgan fingerprint density at radius 2 is 1.81 bits per heavy atom. The van der Waals surface area contributed by atoms with Crippen LogP contribution in [0, 0.1) is 6.92 Å². The van der Waals surface area contributed by atoms with Gasteiger partial charge in [0, 0.05) is 37.3 Å². The molecule has 1 aliphatic rings. The molecule has 0 spiro atoms. The predicted molar refractivity (Wildman–Crippen MR) is 115 cm³/mol. The third kappa shape index (κ3) is 5.34. The van der Waals surface area contributed by atoms with Crippen molar-refractivity contribution in [2.75, 3.05) is 37.3 Å². The molecular weight excluding hydrogens is 467 g/mol. The Hall–Kier alpha value is -2.34. The summed E-state index contributed by atoms with van der Waals surface area (Å²) in [6, 6.07) is 4.17. The number of amides is 1. The molecule has 0 aliphatic carbocycles. The SMILES string of the molecule is Cc1sc(N2CCN(C(=O)c3cc(S(C)(=O)=O)ccc3OC(C)C)CC2)nc1C(F)(F)F. The lowest BCUT2D eigenvalue weighted by Gasteiger charge is -2.35. The smallest absolute Gasteiger partial charge is 0.434 e. The number of thiazole rings is 1. The van der Waals surface area contributed by atoms with E-state index in [1.54, 1.807) is 18.7 Å². The fourth-order valence-corrected chi connectivity index (χ4v) is 4.94. The molecule has 7 nitrogen and oxygen atoms in total. The van der Waals surface area contributed by atoms with Crippen molar-refractivity contribution in [3.8, 4) is 5.75 Å². The van der Waals surface area contributed by atoms with Gasteiger partial charge in [0.1, 0.15) is 5.75 Å². The Labute approximate surface area is 188 Å². The van der Waals surface area contributed by atoms with Gasteiger partial charge < -0.3 is 14.5 Å². The molecule has 32 heavy (non-hydrogen) atoms. The molecular formula is C20H24F3N3O4S2. The highest BCUT2D eigenvalue weighted by Crippen LogP contribution is 2.37. The summed E-state index contributed by atoms with van der Waals surface area (Å²) < 4.78 is 68.8. The van der Waals surface area contributed by atoms with Gasteiger partial charge in [-0.25, -0.2) is 13.4 Å². The number of alkyl halides is 3. The van der Waals surface area contributed by atoms with Gasteiger partial charge in [0.05, 0.1) is 16.6 Å². The second kappa shape index (κ2) is 8.89. The summed E-state index contributed by atoms with van der Waals surface area (Å²) in [7, 11) is -3.53. The van der Waals surface area contributed by atoms with Gasteiger partial charge in [-0.3, -0.25) is 4.79 Å². The highest BCUT2D eigenvalue weighted by Gasteiger charge is 2.37. The Bertz CT molecular complexity index is 1110. The Morgan fingerprint density at radius 1 is 1.19 bits per heavy atom. The van der Waals surface area contributed by atoms with E-state index in [2.05, 4.69) is 4.98 Å². The van der Waals surface area contributed by atoms with E-state index in [-0.39, 0.29) is 45.4 Å². The lowest BCUT2D eigenvalue weighted by molar-refractivity contribution is -0.141. The van der Waals surface area contributed by atoms with Crippen LogP contribution in [0.15, 0.2) is 23.1 Å². The van der Waals surface area contributed by atoms with Crippen LogP contribution in [0.1, 0.15) is 34.8 Å². The molecule has 2 aromatic rings. The minimum Gasteiger partial charge on any atom is -0.490 e. The Kier molecular flexibility index (Phi) is 6.75.